The van der Waals surface area contributed by atoms with Crippen LogP contribution in [0.15, 0.2) is 60.7 Å². The fourth-order valence-electron chi connectivity index (χ4n) is 1.73. The Labute approximate surface area is 112 Å². The highest BCUT2D eigenvalue weighted by atomic mass is 16.5. The number of nitriles is 1. The molecule has 0 aromatic heterocycles. The SMILES string of the molecule is N#CC(OC(=O)Cc1ccccc1)c1ccccc1. The third-order valence-electron chi connectivity index (χ3n) is 2.66. The van der Waals surface area contributed by atoms with Gasteiger partial charge in [-0.2, -0.15) is 5.26 Å². The molecule has 0 aliphatic heterocycles. The number of carbonyl (C=O) groups is 1. The molecule has 0 saturated carbocycles. The van der Waals surface area contributed by atoms with Crippen LogP contribution in [0.25, 0.3) is 0 Å². The van der Waals surface area contributed by atoms with Crippen molar-refractivity contribution in [3.63, 3.8) is 0 Å². The number of nitrogens with zero attached hydrogens (tertiary/aromatic N) is 1. The maximum absolute atomic E-state index is 11.8. The van der Waals surface area contributed by atoms with Crippen LogP contribution >= 0.6 is 0 Å². The van der Waals surface area contributed by atoms with E-state index in [9.17, 15) is 4.79 Å². The second-order valence-corrected chi connectivity index (χ2v) is 4.07. The van der Waals surface area contributed by atoms with E-state index in [1.807, 2.05) is 54.6 Å². The molecule has 0 aliphatic rings. The molecular formula is C16H13NO2. The lowest BCUT2D eigenvalue weighted by atomic mass is 10.1. The van der Waals surface area contributed by atoms with Crippen LogP contribution in [0.4, 0.5) is 0 Å². The van der Waals surface area contributed by atoms with Gasteiger partial charge in [-0.3, -0.25) is 4.79 Å². The minimum absolute atomic E-state index is 0.172. The Kier molecular flexibility index (Phi) is 4.30. The van der Waals surface area contributed by atoms with Crippen molar-refractivity contribution >= 4 is 5.97 Å². The second kappa shape index (κ2) is 6.36. The van der Waals surface area contributed by atoms with Crippen LogP contribution in [0.2, 0.25) is 0 Å². The van der Waals surface area contributed by atoms with E-state index in [-0.39, 0.29) is 6.42 Å². The van der Waals surface area contributed by atoms with E-state index in [1.165, 1.54) is 0 Å². The van der Waals surface area contributed by atoms with Crippen molar-refractivity contribution in [2.45, 2.75) is 12.5 Å². The molecule has 0 spiro atoms. The normalized spacial score (nSPS) is 11.3. The van der Waals surface area contributed by atoms with Gasteiger partial charge in [0.05, 0.1) is 6.42 Å². The second-order valence-electron chi connectivity index (χ2n) is 4.07. The number of ether oxygens (including phenoxy) is 1. The summed E-state index contributed by atoms with van der Waals surface area (Å²) in [5.74, 6) is -0.401. The molecule has 2 aromatic carbocycles. The van der Waals surface area contributed by atoms with Gasteiger partial charge in [0.1, 0.15) is 6.07 Å². The lowest BCUT2D eigenvalue weighted by Crippen LogP contribution is -2.12. The molecule has 0 heterocycles. The summed E-state index contributed by atoms with van der Waals surface area (Å²) >= 11 is 0. The van der Waals surface area contributed by atoms with Gasteiger partial charge in [0, 0.05) is 5.56 Å². The standard InChI is InChI=1S/C16H13NO2/c17-12-15(14-9-5-2-6-10-14)19-16(18)11-13-7-3-1-4-8-13/h1-10,15H,11H2. The van der Waals surface area contributed by atoms with E-state index in [0.717, 1.165) is 5.56 Å². The zero-order valence-corrected chi connectivity index (χ0v) is 10.3. The first kappa shape index (κ1) is 12.8. The summed E-state index contributed by atoms with van der Waals surface area (Å²) in [5, 5.41) is 9.07. The van der Waals surface area contributed by atoms with Gasteiger partial charge in [-0.15, -0.1) is 0 Å². The average Bonchev–Trinajstić information content (AvgIpc) is 2.47. The molecule has 1 atom stereocenters. The Morgan fingerprint density at radius 1 is 1.05 bits per heavy atom. The third-order valence-corrected chi connectivity index (χ3v) is 2.66. The van der Waals surface area contributed by atoms with Gasteiger partial charge in [-0.25, -0.2) is 0 Å². The van der Waals surface area contributed by atoms with Crippen molar-refractivity contribution in [2.24, 2.45) is 0 Å². The van der Waals surface area contributed by atoms with Crippen LogP contribution in [0.5, 0.6) is 0 Å². The highest BCUT2D eigenvalue weighted by Gasteiger charge is 2.15. The number of hydrogen-bond acceptors (Lipinski definition) is 3. The van der Waals surface area contributed by atoms with Gasteiger partial charge >= 0.3 is 5.97 Å². The molecule has 0 amide bonds. The van der Waals surface area contributed by atoms with E-state index < -0.39 is 12.1 Å². The highest BCUT2D eigenvalue weighted by molar-refractivity contribution is 5.73. The summed E-state index contributed by atoms with van der Waals surface area (Å²) < 4.78 is 5.19. The highest BCUT2D eigenvalue weighted by Crippen LogP contribution is 2.17. The quantitative estimate of drug-likeness (QED) is 0.785. The van der Waals surface area contributed by atoms with Crippen molar-refractivity contribution in [1.29, 1.82) is 5.26 Å². The Morgan fingerprint density at radius 3 is 2.21 bits per heavy atom. The summed E-state index contributed by atoms with van der Waals surface area (Å²) in [5.41, 5.74) is 1.56. The molecule has 2 aromatic rings. The molecule has 3 nitrogen and oxygen atoms in total. The van der Waals surface area contributed by atoms with Crippen LogP contribution < -0.4 is 0 Å². The smallest absolute Gasteiger partial charge is 0.311 e. The predicted octanol–water partition coefficient (Wildman–Crippen LogP) is 3.04. The first-order chi connectivity index (χ1) is 9.29. The number of esters is 1. The summed E-state index contributed by atoms with van der Waals surface area (Å²) in [4.78, 5) is 11.8. The molecule has 0 N–H and O–H groups in total. The summed E-state index contributed by atoms with van der Waals surface area (Å²) in [7, 11) is 0. The minimum atomic E-state index is -0.850. The molecule has 0 radical (unpaired) electrons. The monoisotopic (exact) mass is 251 g/mol. The van der Waals surface area contributed by atoms with Gasteiger partial charge in [0.15, 0.2) is 0 Å². The van der Waals surface area contributed by atoms with Crippen molar-refractivity contribution < 1.29 is 9.53 Å². The van der Waals surface area contributed by atoms with E-state index >= 15 is 0 Å². The van der Waals surface area contributed by atoms with E-state index in [4.69, 9.17) is 10.00 Å². The van der Waals surface area contributed by atoms with E-state index in [2.05, 4.69) is 0 Å². The van der Waals surface area contributed by atoms with Gasteiger partial charge in [-0.05, 0) is 5.56 Å². The molecule has 0 saturated heterocycles. The lowest BCUT2D eigenvalue weighted by Gasteiger charge is -2.11. The maximum atomic E-state index is 11.8. The molecular weight excluding hydrogens is 238 g/mol. The third kappa shape index (κ3) is 3.68. The fraction of sp³-hybridized carbons (Fsp3) is 0.125. The average molecular weight is 251 g/mol. The van der Waals surface area contributed by atoms with Gasteiger partial charge < -0.3 is 4.74 Å². The molecule has 0 fully saturated rings. The molecule has 94 valence electrons. The number of hydrogen-bond donors (Lipinski definition) is 0. The van der Waals surface area contributed by atoms with Gasteiger partial charge in [0.2, 0.25) is 6.10 Å². The Hall–Kier alpha value is -2.60. The van der Waals surface area contributed by atoms with Crippen LogP contribution in [-0.4, -0.2) is 5.97 Å². The van der Waals surface area contributed by atoms with Crippen LogP contribution in [-0.2, 0) is 16.0 Å². The van der Waals surface area contributed by atoms with Crippen molar-refractivity contribution in [3.8, 4) is 6.07 Å². The van der Waals surface area contributed by atoms with Crippen molar-refractivity contribution in [3.05, 3.63) is 71.8 Å². The number of benzene rings is 2. The zero-order valence-electron chi connectivity index (χ0n) is 10.3. The molecule has 0 bridgehead atoms. The Balaban J connectivity index is 2.00. The molecule has 2 rings (SSSR count). The van der Waals surface area contributed by atoms with Crippen LogP contribution in [0.1, 0.15) is 17.2 Å². The van der Waals surface area contributed by atoms with Gasteiger partial charge in [0.25, 0.3) is 0 Å². The summed E-state index contributed by atoms with van der Waals surface area (Å²) in [6.07, 6.45) is -0.677. The number of carbonyl (C=O) groups excluding carboxylic acids is 1. The van der Waals surface area contributed by atoms with Crippen molar-refractivity contribution in [1.82, 2.24) is 0 Å². The first-order valence-electron chi connectivity index (χ1n) is 5.97. The van der Waals surface area contributed by atoms with Crippen LogP contribution in [0, 0.1) is 11.3 Å². The molecule has 1 unspecified atom stereocenters. The molecule has 3 heteroatoms. The summed E-state index contributed by atoms with van der Waals surface area (Å²) in [6.45, 7) is 0. The molecule has 0 aliphatic carbocycles. The van der Waals surface area contributed by atoms with Crippen molar-refractivity contribution in [2.75, 3.05) is 0 Å². The predicted molar refractivity (Wildman–Crippen MR) is 71.0 cm³/mol. The van der Waals surface area contributed by atoms with Crippen LogP contribution in [0.3, 0.4) is 0 Å². The lowest BCUT2D eigenvalue weighted by molar-refractivity contribution is -0.146. The maximum Gasteiger partial charge on any atom is 0.311 e. The summed E-state index contributed by atoms with van der Waals surface area (Å²) in [6, 6.07) is 20.3. The number of rotatable bonds is 4. The molecule has 19 heavy (non-hydrogen) atoms. The van der Waals surface area contributed by atoms with E-state index in [0.29, 0.717) is 5.56 Å². The Bertz CT molecular complexity index is 573. The topological polar surface area (TPSA) is 50.1 Å². The largest absolute Gasteiger partial charge is 0.442 e. The Morgan fingerprint density at radius 2 is 1.63 bits per heavy atom. The minimum Gasteiger partial charge on any atom is -0.442 e. The van der Waals surface area contributed by atoms with E-state index in [1.54, 1.807) is 12.1 Å². The first-order valence-corrected chi connectivity index (χ1v) is 5.97. The zero-order chi connectivity index (χ0) is 13.5. The van der Waals surface area contributed by atoms with Gasteiger partial charge in [-0.1, -0.05) is 60.7 Å². The fourth-order valence-corrected chi connectivity index (χ4v) is 1.73.